The molecular weight excluding hydrogens is 334 g/mol. The highest BCUT2D eigenvalue weighted by molar-refractivity contribution is 9.10. The van der Waals surface area contributed by atoms with Crippen molar-refractivity contribution < 1.29 is 14.6 Å². The second-order valence-corrected chi connectivity index (χ2v) is 5.69. The van der Waals surface area contributed by atoms with Gasteiger partial charge in [0.1, 0.15) is 5.75 Å². The smallest absolute Gasteiger partial charge is 0.338 e. The van der Waals surface area contributed by atoms with Crippen molar-refractivity contribution in [2.45, 2.75) is 12.5 Å². The Morgan fingerprint density at radius 1 is 1.24 bits per heavy atom. The average molecular weight is 348 g/mol. The van der Waals surface area contributed by atoms with Gasteiger partial charge < -0.3 is 15.2 Å². The van der Waals surface area contributed by atoms with Crippen molar-refractivity contribution >= 4 is 27.6 Å². The molecule has 0 fully saturated rings. The van der Waals surface area contributed by atoms with E-state index in [1.807, 2.05) is 30.3 Å². The van der Waals surface area contributed by atoms with E-state index in [0.717, 1.165) is 17.7 Å². The van der Waals surface area contributed by atoms with Crippen LogP contribution in [0.4, 0.5) is 5.69 Å². The number of benzene rings is 2. The summed E-state index contributed by atoms with van der Waals surface area (Å²) in [7, 11) is 0. The maximum absolute atomic E-state index is 11.4. The summed E-state index contributed by atoms with van der Waals surface area (Å²) in [5.74, 6) is -0.0987. The van der Waals surface area contributed by atoms with Crippen LogP contribution in [0.5, 0.6) is 5.75 Å². The lowest BCUT2D eigenvalue weighted by molar-refractivity contribution is 0.0697. The molecule has 0 saturated carbocycles. The van der Waals surface area contributed by atoms with E-state index in [-0.39, 0.29) is 11.6 Å². The Balaban J connectivity index is 1.96. The van der Waals surface area contributed by atoms with E-state index < -0.39 is 5.97 Å². The van der Waals surface area contributed by atoms with Crippen LogP contribution in [0.15, 0.2) is 46.9 Å². The predicted molar refractivity (Wildman–Crippen MR) is 84.0 cm³/mol. The Bertz CT molecular complexity index is 687. The van der Waals surface area contributed by atoms with E-state index in [2.05, 4.69) is 21.2 Å². The molecule has 0 aromatic heterocycles. The van der Waals surface area contributed by atoms with E-state index in [0.29, 0.717) is 16.8 Å². The van der Waals surface area contributed by atoms with Crippen LogP contribution in [0.1, 0.15) is 28.4 Å². The van der Waals surface area contributed by atoms with E-state index >= 15 is 0 Å². The minimum absolute atomic E-state index is 0.0438. The third kappa shape index (κ3) is 2.74. The summed E-state index contributed by atoms with van der Waals surface area (Å²) in [6.07, 6.45) is 0.794. The average Bonchev–Trinajstić information content (AvgIpc) is 2.47. The van der Waals surface area contributed by atoms with Gasteiger partial charge in [-0.1, -0.05) is 24.3 Å². The lowest BCUT2D eigenvalue weighted by Gasteiger charge is -2.28. The van der Waals surface area contributed by atoms with Crippen LogP contribution in [0, 0.1) is 0 Å². The number of nitrogens with one attached hydrogen (secondary N) is 1. The van der Waals surface area contributed by atoms with Crippen molar-refractivity contribution in [2.75, 3.05) is 11.9 Å². The molecule has 2 aromatic rings. The van der Waals surface area contributed by atoms with Gasteiger partial charge in [-0.2, -0.15) is 0 Å². The first-order valence-electron chi connectivity index (χ1n) is 6.67. The maximum Gasteiger partial charge on any atom is 0.338 e. The van der Waals surface area contributed by atoms with E-state index in [1.165, 1.54) is 0 Å². The summed E-state index contributed by atoms with van der Waals surface area (Å²) in [4.78, 5) is 11.4. The van der Waals surface area contributed by atoms with E-state index in [1.54, 1.807) is 12.1 Å². The Morgan fingerprint density at radius 2 is 2.05 bits per heavy atom. The molecule has 0 aliphatic carbocycles. The number of hydrogen-bond acceptors (Lipinski definition) is 3. The molecule has 0 saturated heterocycles. The van der Waals surface area contributed by atoms with Gasteiger partial charge in [-0.15, -0.1) is 0 Å². The summed E-state index contributed by atoms with van der Waals surface area (Å²) < 4.78 is 6.20. The zero-order valence-electron chi connectivity index (χ0n) is 11.2. The number of rotatable bonds is 3. The number of fused-ring (bicyclic) bond motifs is 1. The van der Waals surface area contributed by atoms with Gasteiger partial charge in [0.25, 0.3) is 0 Å². The third-order valence-corrected chi connectivity index (χ3v) is 4.18. The lowest BCUT2D eigenvalue weighted by atomic mass is 9.99. The van der Waals surface area contributed by atoms with Gasteiger partial charge in [0.2, 0.25) is 0 Å². The molecule has 0 radical (unpaired) electrons. The lowest BCUT2D eigenvalue weighted by Crippen LogP contribution is -2.21. The van der Waals surface area contributed by atoms with Gasteiger partial charge in [0.15, 0.2) is 0 Å². The number of ether oxygens (including phenoxy) is 1. The molecule has 0 amide bonds. The molecule has 108 valence electrons. The van der Waals surface area contributed by atoms with Crippen LogP contribution in [-0.4, -0.2) is 17.7 Å². The fraction of sp³-hybridized carbons (Fsp3) is 0.188. The van der Waals surface area contributed by atoms with Gasteiger partial charge in [-0.3, -0.25) is 0 Å². The van der Waals surface area contributed by atoms with Gasteiger partial charge in [-0.05, 0) is 34.1 Å². The number of aromatic carboxylic acids is 1. The van der Waals surface area contributed by atoms with Gasteiger partial charge in [0, 0.05) is 16.5 Å². The monoisotopic (exact) mass is 347 g/mol. The minimum atomic E-state index is -0.953. The molecule has 21 heavy (non-hydrogen) atoms. The maximum atomic E-state index is 11.4. The minimum Gasteiger partial charge on any atom is -0.493 e. The topological polar surface area (TPSA) is 58.6 Å². The van der Waals surface area contributed by atoms with Crippen LogP contribution in [0.3, 0.4) is 0 Å². The number of carboxylic acids is 1. The van der Waals surface area contributed by atoms with Crippen LogP contribution in [0.2, 0.25) is 0 Å². The Kier molecular flexibility index (Phi) is 3.84. The predicted octanol–water partition coefficient (Wildman–Crippen LogP) is 4.08. The van der Waals surface area contributed by atoms with Crippen molar-refractivity contribution in [1.29, 1.82) is 0 Å². The molecule has 1 aliphatic heterocycles. The number of halogens is 1. The normalized spacial score (nSPS) is 16.7. The number of hydrogen-bond donors (Lipinski definition) is 2. The van der Waals surface area contributed by atoms with Gasteiger partial charge in [0.05, 0.1) is 23.9 Å². The summed E-state index contributed by atoms with van der Waals surface area (Å²) in [5, 5.41) is 12.7. The summed E-state index contributed by atoms with van der Waals surface area (Å²) in [6.45, 7) is 0.616. The van der Waals surface area contributed by atoms with E-state index in [4.69, 9.17) is 4.74 Å². The summed E-state index contributed by atoms with van der Waals surface area (Å²) >= 11 is 3.30. The first kappa shape index (κ1) is 13.9. The van der Waals surface area contributed by atoms with E-state index in [9.17, 15) is 9.90 Å². The Hall–Kier alpha value is -2.01. The number of anilines is 1. The molecule has 0 spiro atoms. The fourth-order valence-corrected chi connectivity index (χ4v) is 3.08. The molecule has 1 aliphatic rings. The van der Waals surface area contributed by atoms with Crippen molar-refractivity contribution in [3.63, 3.8) is 0 Å². The highest BCUT2D eigenvalue weighted by Gasteiger charge is 2.23. The second kappa shape index (κ2) is 5.77. The summed E-state index contributed by atoms with van der Waals surface area (Å²) in [5.41, 5.74) is 1.92. The molecule has 2 aromatic carbocycles. The largest absolute Gasteiger partial charge is 0.493 e. The molecule has 3 rings (SSSR count). The quantitative estimate of drug-likeness (QED) is 0.878. The van der Waals surface area contributed by atoms with Crippen molar-refractivity contribution in [1.82, 2.24) is 0 Å². The number of para-hydroxylation sites is 1. The van der Waals surface area contributed by atoms with Crippen molar-refractivity contribution in [2.24, 2.45) is 0 Å². The molecule has 4 nitrogen and oxygen atoms in total. The molecule has 5 heteroatoms. The van der Waals surface area contributed by atoms with Crippen LogP contribution in [-0.2, 0) is 0 Å². The molecule has 1 heterocycles. The highest BCUT2D eigenvalue weighted by atomic mass is 79.9. The molecule has 1 unspecified atom stereocenters. The van der Waals surface area contributed by atoms with Crippen molar-refractivity contribution in [3.8, 4) is 5.75 Å². The molecular formula is C16H14BrNO3. The third-order valence-electron chi connectivity index (χ3n) is 3.52. The standard InChI is InChI=1S/C16H14BrNO3/c17-11-5-3-6-13(15(11)16(19)20)18-12-8-9-21-14-7-2-1-4-10(12)14/h1-7,12,18H,8-9H2,(H,19,20). The van der Waals surface area contributed by atoms with Crippen molar-refractivity contribution in [3.05, 3.63) is 58.1 Å². The molecule has 1 atom stereocenters. The number of carbonyl (C=O) groups is 1. The van der Waals surface area contributed by atoms with Crippen LogP contribution >= 0.6 is 15.9 Å². The zero-order valence-corrected chi connectivity index (χ0v) is 12.8. The molecule has 2 N–H and O–H groups in total. The fourth-order valence-electron chi connectivity index (χ4n) is 2.54. The van der Waals surface area contributed by atoms with Gasteiger partial charge >= 0.3 is 5.97 Å². The molecule has 0 bridgehead atoms. The zero-order chi connectivity index (χ0) is 14.8. The van der Waals surface area contributed by atoms with Crippen LogP contribution in [0.25, 0.3) is 0 Å². The Morgan fingerprint density at radius 3 is 2.86 bits per heavy atom. The number of carboxylic acid groups (broad SMARTS) is 1. The SMILES string of the molecule is O=C(O)c1c(Br)cccc1NC1CCOc2ccccc21. The second-order valence-electron chi connectivity index (χ2n) is 4.84. The van der Waals surface area contributed by atoms with Crippen LogP contribution < -0.4 is 10.1 Å². The van der Waals surface area contributed by atoms with Gasteiger partial charge in [-0.25, -0.2) is 4.79 Å². The highest BCUT2D eigenvalue weighted by Crippen LogP contribution is 2.35. The summed E-state index contributed by atoms with van der Waals surface area (Å²) in [6, 6.07) is 13.2. The Labute approximate surface area is 130 Å². The first-order chi connectivity index (χ1) is 10.2. The first-order valence-corrected chi connectivity index (χ1v) is 7.46.